The molecule has 58 heavy (non-hydrogen) atoms. The molecule has 5 saturated carbocycles. The first-order chi connectivity index (χ1) is 27.2. The number of carbonyl (C=O) groups is 3. The number of nitrogens with zero attached hydrogens (tertiary/aromatic N) is 2. The van der Waals surface area contributed by atoms with Gasteiger partial charge in [-0.15, -0.1) is 0 Å². The third kappa shape index (κ3) is 6.14. The van der Waals surface area contributed by atoms with Gasteiger partial charge in [-0.1, -0.05) is 48.5 Å². The molecule has 8 nitrogen and oxygen atoms in total. The molecule has 8 rings (SSSR count). The van der Waals surface area contributed by atoms with E-state index in [1.165, 1.54) is 18.6 Å². The van der Waals surface area contributed by atoms with Gasteiger partial charge >= 0.3 is 11.9 Å². The molecule has 0 unspecified atom stereocenters. The topological polar surface area (TPSA) is 113 Å². The summed E-state index contributed by atoms with van der Waals surface area (Å²) >= 11 is 0. The summed E-state index contributed by atoms with van der Waals surface area (Å²) in [4.78, 5) is 51.1. The van der Waals surface area contributed by atoms with E-state index >= 15 is 4.79 Å². The molecule has 0 radical (unpaired) electrons. The number of hydrogen-bond acceptors (Lipinski definition) is 5. The minimum atomic E-state index is -1.16. The van der Waals surface area contributed by atoms with E-state index in [2.05, 4.69) is 58.4 Å². The highest BCUT2D eigenvalue weighted by Crippen LogP contribution is 2.78. The fourth-order valence-electron chi connectivity index (χ4n) is 15.4. The summed E-state index contributed by atoms with van der Waals surface area (Å²) in [6.07, 6.45) is 13.9. The van der Waals surface area contributed by atoms with E-state index in [1.807, 2.05) is 6.20 Å². The van der Waals surface area contributed by atoms with E-state index in [9.17, 15) is 19.1 Å². The second-order valence-electron chi connectivity index (χ2n) is 22.3. The van der Waals surface area contributed by atoms with Crippen LogP contribution in [0, 0.1) is 73.8 Å². The van der Waals surface area contributed by atoms with Crippen molar-refractivity contribution in [2.75, 3.05) is 6.54 Å². The van der Waals surface area contributed by atoms with Crippen molar-refractivity contribution in [3.8, 4) is 11.3 Å². The summed E-state index contributed by atoms with van der Waals surface area (Å²) in [5, 5.41) is 9.66. The van der Waals surface area contributed by atoms with Crippen LogP contribution in [0.25, 0.3) is 11.3 Å². The number of ether oxygens (including phenoxy) is 1. The van der Waals surface area contributed by atoms with Crippen molar-refractivity contribution in [3.63, 3.8) is 0 Å². The predicted molar refractivity (Wildman–Crippen MR) is 223 cm³/mol. The maximum Gasteiger partial charge on any atom is 0.309 e. The van der Waals surface area contributed by atoms with Crippen LogP contribution in [0.15, 0.2) is 30.5 Å². The molecule has 1 aromatic heterocycles. The number of esters is 1. The van der Waals surface area contributed by atoms with Gasteiger partial charge in [0.25, 0.3) is 0 Å². The maximum absolute atomic E-state index is 15.5. The molecular formula is C49H70FN3O5. The number of carbonyl (C=O) groups excluding carboxylic acids is 2. The maximum atomic E-state index is 15.5. The van der Waals surface area contributed by atoms with Crippen molar-refractivity contribution >= 4 is 17.8 Å². The van der Waals surface area contributed by atoms with Crippen molar-refractivity contribution in [2.45, 2.75) is 158 Å². The second-order valence-corrected chi connectivity index (χ2v) is 22.3. The number of hydrogen-bond donors (Lipinski definition) is 2. The van der Waals surface area contributed by atoms with Crippen LogP contribution in [0.2, 0.25) is 0 Å². The van der Waals surface area contributed by atoms with Crippen LogP contribution >= 0.6 is 0 Å². The molecular weight excluding hydrogens is 730 g/mol. The zero-order chi connectivity index (χ0) is 41.8. The van der Waals surface area contributed by atoms with Crippen LogP contribution < -0.4 is 0 Å². The SMILES string of the molecule is CC(C)[C@@H]1CC[C@]2(C(=O)N3CCC[C@H]3c3ncc(-c4ccc(F)cc4)[nH]3)CC[C@]3(C)[C@H](CC[C@@H]4[C@@]5(C)CC[C@H](OC(=O)CC(C)(C)C(=O)O)C(C)(C)[C@@H]5CC[C@]43C)[C@@H]12. The van der Waals surface area contributed by atoms with E-state index in [1.54, 1.807) is 26.0 Å². The molecule has 1 amide bonds. The number of aliphatic carboxylic acids is 1. The van der Waals surface area contributed by atoms with Crippen LogP contribution in [-0.2, 0) is 19.1 Å². The van der Waals surface area contributed by atoms with Gasteiger partial charge in [0, 0.05) is 12.0 Å². The van der Waals surface area contributed by atoms with E-state index in [4.69, 9.17) is 9.72 Å². The molecule has 318 valence electrons. The number of nitrogens with one attached hydrogen (secondary N) is 1. The average Bonchev–Trinajstić information content (AvgIpc) is 3.92. The number of aromatic amines is 1. The van der Waals surface area contributed by atoms with Gasteiger partial charge < -0.3 is 19.7 Å². The van der Waals surface area contributed by atoms with Gasteiger partial charge in [0.1, 0.15) is 17.7 Å². The molecule has 6 aliphatic rings. The largest absolute Gasteiger partial charge is 0.481 e. The summed E-state index contributed by atoms with van der Waals surface area (Å²) < 4.78 is 19.9. The molecule has 0 spiro atoms. The van der Waals surface area contributed by atoms with Crippen LogP contribution in [-0.4, -0.2) is 50.5 Å². The highest BCUT2D eigenvalue weighted by atomic mass is 19.1. The number of carboxylic acids is 1. The molecule has 2 aromatic rings. The third-order valence-corrected chi connectivity index (χ3v) is 18.7. The molecule has 1 aromatic carbocycles. The van der Waals surface area contributed by atoms with E-state index in [0.717, 1.165) is 94.3 Å². The molecule has 5 aliphatic carbocycles. The number of likely N-dealkylation sites (tertiary alicyclic amines) is 1. The number of amides is 1. The predicted octanol–water partition coefficient (Wildman–Crippen LogP) is 11.0. The first-order valence-electron chi connectivity index (χ1n) is 22.7. The minimum Gasteiger partial charge on any atom is -0.481 e. The van der Waals surface area contributed by atoms with E-state index in [0.29, 0.717) is 41.4 Å². The lowest BCUT2D eigenvalue weighted by Crippen LogP contribution is -2.67. The number of benzene rings is 1. The summed E-state index contributed by atoms with van der Waals surface area (Å²) in [6, 6.07) is 6.42. The van der Waals surface area contributed by atoms with Crippen molar-refractivity contribution in [1.29, 1.82) is 0 Å². The summed E-state index contributed by atoms with van der Waals surface area (Å²) in [5.74, 6) is 2.37. The van der Waals surface area contributed by atoms with E-state index in [-0.39, 0.29) is 51.5 Å². The molecule has 1 aliphatic heterocycles. The minimum absolute atomic E-state index is 0.0759. The standard InChI is InChI=1S/C49H70FN3O5/c1-29(2)32-18-23-49(42(55)53-26-10-11-35(53)41-51-28-34(52-41)30-12-14-31(50)15-13-30)25-24-47(8)33(40(32)49)16-17-37-46(7)21-20-38(58-39(54)27-44(3,4)43(56)57)45(5,6)36(46)19-22-48(37,47)9/h12-15,28-29,32-33,35-38,40H,10-11,16-27H2,1-9H3,(H,51,52)(H,56,57)/t32-,33+,35-,36-,37+,38-,40+,46-,47+,48+,49-/m0/s1. The Kier molecular flexibility index (Phi) is 10.1. The zero-order valence-electron chi connectivity index (χ0n) is 36.8. The fourth-order valence-corrected chi connectivity index (χ4v) is 15.4. The van der Waals surface area contributed by atoms with Crippen molar-refractivity contribution in [3.05, 3.63) is 42.1 Å². The van der Waals surface area contributed by atoms with Gasteiger partial charge in [0.05, 0.1) is 35.2 Å². The molecule has 2 N–H and O–H groups in total. The summed E-state index contributed by atoms with van der Waals surface area (Å²) in [5.41, 5.74) is 0.353. The second kappa shape index (κ2) is 14.2. The van der Waals surface area contributed by atoms with Gasteiger partial charge in [0.2, 0.25) is 5.91 Å². The Morgan fingerprint density at radius 3 is 2.33 bits per heavy atom. The first-order valence-corrected chi connectivity index (χ1v) is 22.7. The van der Waals surface area contributed by atoms with Crippen LogP contribution in [0.3, 0.4) is 0 Å². The number of rotatable bonds is 8. The van der Waals surface area contributed by atoms with Crippen molar-refractivity contribution < 1.29 is 28.6 Å². The lowest BCUT2D eigenvalue weighted by molar-refractivity contribution is -0.251. The zero-order valence-corrected chi connectivity index (χ0v) is 36.8. The fraction of sp³-hybridized carbons (Fsp3) is 0.755. The lowest BCUT2D eigenvalue weighted by atomic mass is 9.32. The Labute approximate surface area is 346 Å². The van der Waals surface area contributed by atoms with E-state index < -0.39 is 17.4 Å². The lowest BCUT2D eigenvalue weighted by Gasteiger charge is -2.73. The van der Waals surface area contributed by atoms with Gasteiger partial charge in [-0.2, -0.15) is 0 Å². The number of fused-ring (bicyclic) bond motifs is 7. The Morgan fingerprint density at radius 1 is 0.914 bits per heavy atom. The van der Waals surface area contributed by atoms with Crippen LogP contribution in [0.4, 0.5) is 4.39 Å². The van der Waals surface area contributed by atoms with Gasteiger partial charge in [-0.25, -0.2) is 9.37 Å². The Bertz CT molecular complexity index is 1920. The number of aromatic nitrogens is 2. The highest BCUT2D eigenvalue weighted by molar-refractivity contribution is 5.85. The number of halogens is 1. The van der Waals surface area contributed by atoms with Gasteiger partial charge in [-0.3, -0.25) is 14.4 Å². The normalized spacial score (nSPS) is 39.4. The third-order valence-electron chi connectivity index (χ3n) is 18.7. The molecule has 9 heteroatoms. The number of imidazole rings is 1. The van der Waals surface area contributed by atoms with Crippen LogP contribution in [0.5, 0.6) is 0 Å². The Morgan fingerprint density at radius 2 is 1.64 bits per heavy atom. The Hall–Kier alpha value is -3.23. The molecule has 11 atom stereocenters. The van der Waals surface area contributed by atoms with Gasteiger partial charge in [-0.05, 0) is 172 Å². The first kappa shape index (κ1) is 41.5. The van der Waals surface area contributed by atoms with Crippen LogP contribution in [0.1, 0.15) is 158 Å². The quantitative estimate of drug-likeness (QED) is 0.257. The average molecular weight is 800 g/mol. The van der Waals surface area contributed by atoms with Gasteiger partial charge in [0.15, 0.2) is 0 Å². The van der Waals surface area contributed by atoms with Crippen molar-refractivity contribution in [1.82, 2.24) is 14.9 Å². The highest BCUT2D eigenvalue weighted by Gasteiger charge is 2.72. The molecule has 0 bridgehead atoms. The van der Waals surface area contributed by atoms with Crippen molar-refractivity contribution in [2.24, 2.45) is 68.0 Å². The number of carboxylic acid groups (broad SMARTS) is 1. The molecule has 2 heterocycles. The smallest absolute Gasteiger partial charge is 0.309 e. The Balaban J connectivity index is 1.05. The molecule has 6 fully saturated rings. The summed E-state index contributed by atoms with van der Waals surface area (Å²) in [6.45, 7) is 21.2. The monoisotopic (exact) mass is 800 g/mol. The number of H-pyrrole nitrogens is 1. The molecule has 1 saturated heterocycles. The summed E-state index contributed by atoms with van der Waals surface area (Å²) in [7, 11) is 0.